The smallest absolute Gasteiger partial charge is 0.311 e. The molecule has 0 radical (unpaired) electrons. The van der Waals surface area contributed by atoms with Crippen molar-refractivity contribution in [3.05, 3.63) is 35.9 Å². The molecule has 0 spiro atoms. The fraction of sp³-hybridized carbons (Fsp3) is 0.619. The third-order valence-electron chi connectivity index (χ3n) is 6.70. The topological polar surface area (TPSA) is 81.4 Å². The van der Waals surface area contributed by atoms with Crippen LogP contribution >= 0.6 is 12.4 Å². The minimum atomic E-state index is -0.570. The van der Waals surface area contributed by atoms with Gasteiger partial charge in [0.2, 0.25) is 5.91 Å². The highest BCUT2D eigenvalue weighted by Gasteiger charge is 2.61. The van der Waals surface area contributed by atoms with E-state index in [4.69, 9.17) is 10.5 Å². The summed E-state index contributed by atoms with van der Waals surface area (Å²) in [5.74, 6) is 0.802. The van der Waals surface area contributed by atoms with Gasteiger partial charge < -0.3 is 15.8 Å². The van der Waals surface area contributed by atoms with E-state index in [0.29, 0.717) is 24.7 Å². The van der Waals surface area contributed by atoms with E-state index < -0.39 is 11.5 Å². The fourth-order valence-electron chi connectivity index (χ4n) is 6.18. The molecule has 0 aliphatic heterocycles. The Hall–Kier alpha value is -1.59. The highest BCUT2D eigenvalue weighted by molar-refractivity contribution is 5.85. The summed E-state index contributed by atoms with van der Waals surface area (Å²) >= 11 is 0. The molecular formula is C21H29ClN2O3. The lowest BCUT2D eigenvalue weighted by Crippen LogP contribution is -2.66. The number of carbonyl (C=O) groups is 2. The van der Waals surface area contributed by atoms with Crippen molar-refractivity contribution in [2.45, 2.75) is 56.5 Å². The summed E-state index contributed by atoms with van der Waals surface area (Å²) < 4.78 is 5.14. The predicted octanol–water partition coefficient (Wildman–Crippen LogP) is 2.61. The molecule has 0 saturated heterocycles. The van der Waals surface area contributed by atoms with Gasteiger partial charge in [0, 0.05) is 5.54 Å². The molecule has 5 nitrogen and oxygen atoms in total. The van der Waals surface area contributed by atoms with E-state index in [1.54, 1.807) is 0 Å². The van der Waals surface area contributed by atoms with E-state index in [-0.39, 0.29) is 29.8 Å². The first kappa shape index (κ1) is 20.2. The van der Waals surface area contributed by atoms with Gasteiger partial charge in [-0.2, -0.15) is 0 Å². The van der Waals surface area contributed by atoms with E-state index in [2.05, 4.69) is 5.32 Å². The number of nitrogens with one attached hydrogen (secondary N) is 1. The van der Waals surface area contributed by atoms with Crippen LogP contribution in [0.1, 0.15) is 44.1 Å². The lowest BCUT2D eigenvalue weighted by molar-refractivity contribution is -0.173. The van der Waals surface area contributed by atoms with Gasteiger partial charge in [-0.1, -0.05) is 30.3 Å². The zero-order chi connectivity index (χ0) is 18.4. The lowest BCUT2D eigenvalue weighted by atomic mass is 9.47. The zero-order valence-electron chi connectivity index (χ0n) is 15.8. The van der Waals surface area contributed by atoms with Crippen LogP contribution in [-0.2, 0) is 20.7 Å². The van der Waals surface area contributed by atoms with Crippen LogP contribution in [-0.4, -0.2) is 30.6 Å². The van der Waals surface area contributed by atoms with Crippen molar-refractivity contribution in [2.75, 3.05) is 7.11 Å². The number of rotatable bonds is 5. The molecule has 1 amide bonds. The zero-order valence-corrected chi connectivity index (χ0v) is 16.6. The second kappa shape index (κ2) is 7.44. The van der Waals surface area contributed by atoms with Crippen molar-refractivity contribution < 1.29 is 14.3 Å². The Balaban J connectivity index is 0.00000210. The van der Waals surface area contributed by atoms with Gasteiger partial charge in [0.15, 0.2) is 0 Å². The lowest BCUT2D eigenvalue weighted by Gasteiger charge is -2.60. The first-order chi connectivity index (χ1) is 12.4. The number of esters is 1. The van der Waals surface area contributed by atoms with Gasteiger partial charge in [-0.05, 0) is 62.3 Å². The minimum Gasteiger partial charge on any atom is -0.469 e. The minimum absolute atomic E-state index is 0. The number of hydrogen-bond donors (Lipinski definition) is 2. The van der Waals surface area contributed by atoms with Gasteiger partial charge in [-0.25, -0.2) is 0 Å². The SMILES string of the molecule is COC(=O)C12CC3CC(CC(NC(=O)[C@@H](N)Cc4ccccc4)(C3)C1)C2.Cl. The average Bonchev–Trinajstić information content (AvgIpc) is 2.60. The number of halogens is 1. The Bertz CT molecular complexity index is 695. The highest BCUT2D eigenvalue weighted by atomic mass is 35.5. The van der Waals surface area contributed by atoms with Gasteiger partial charge in [0.1, 0.15) is 0 Å². The summed E-state index contributed by atoms with van der Waals surface area (Å²) in [4.78, 5) is 25.3. The normalized spacial score (nSPS) is 34.4. The van der Waals surface area contributed by atoms with Crippen LogP contribution in [0.25, 0.3) is 0 Å². The number of carbonyl (C=O) groups excluding carboxylic acids is 2. The number of nitrogens with two attached hydrogens (primary N) is 1. The molecule has 3 N–H and O–H groups in total. The fourth-order valence-corrected chi connectivity index (χ4v) is 6.18. The summed E-state index contributed by atoms with van der Waals surface area (Å²) in [6, 6.07) is 9.28. The molecule has 5 rings (SSSR count). The molecule has 2 unspecified atom stereocenters. The molecule has 1 aromatic rings. The molecule has 148 valence electrons. The Labute approximate surface area is 166 Å². The largest absolute Gasteiger partial charge is 0.469 e. The Morgan fingerprint density at radius 3 is 2.41 bits per heavy atom. The maximum atomic E-state index is 12.8. The van der Waals surface area contributed by atoms with Gasteiger partial charge in [0.25, 0.3) is 0 Å². The predicted molar refractivity (Wildman–Crippen MR) is 105 cm³/mol. The van der Waals surface area contributed by atoms with E-state index in [1.165, 1.54) is 13.5 Å². The first-order valence-electron chi connectivity index (χ1n) is 9.64. The molecule has 0 aromatic heterocycles. The Kier molecular flexibility index (Phi) is 5.55. The molecule has 4 bridgehead atoms. The summed E-state index contributed by atoms with van der Waals surface area (Å²) in [6.45, 7) is 0. The quantitative estimate of drug-likeness (QED) is 0.754. The third-order valence-corrected chi connectivity index (χ3v) is 6.70. The highest BCUT2D eigenvalue weighted by Crippen LogP contribution is 2.62. The number of amides is 1. The second-order valence-electron chi connectivity index (χ2n) is 8.80. The molecule has 6 heteroatoms. The third kappa shape index (κ3) is 3.72. The molecule has 3 atom stereocenters. The molecule has 0 heterocycles. The van der Waals surface area contributed by atoms with Gasteiger partial charge >= 0.3 is 5.97 Å². The Morgan fingerprint density at radius 2 is 1.81 bits per heavy atom. The van der Waals surface area contributed by atoms with Crippen LogP contribution in [0.5, 0.6) is 0 Å². The van der Waals surface area contributed by atoms with Crippen LogP contribution < -0.4 is 11.1 Å². The summed E-state index contributed by atoms with van der Waals surface area (Å²) in [5, 5.41) is 3.28. The second-order valence-corrected chi connectivity index (χ2v) is 8.80. The van der Waals surface area contributed by atoms with Crippen molar-refractivity contribution in [3.8, 4) is 0 Å². The van der Waals surface area contributed by atoms with Crippen LogP contribution in [0.4, 0.5) is 0 Å². The monoisotopic (exact) mass is 392 g/mol. The molecule has 4 fully saturated rings. The maximum absolute atomic E-state index is 12.8. The molecule has 4 aliphatic carbocycles. The summed E-state index contributed by atoms with van der Waals surface area (Å²) in [6.07, 6.45) is 6.14. The molecule has 4 aliphatic rings. The van der Waals surface area contributed by atoms with Crippen molar-refractivity contribution in [1.82, 2.24) is 5.32 Å². The summed E-state index contributed by atoms with van der Waals surface area (Å²) in [7, 11) is 1.47. The number of ether oxygens (including phenoxy) is 1. The van der Waals surface area contributed by atoms with Crippen LogP contribution in [0.3, 0.4) is 0 Å². The molecule has 1 aromatic carbocycles. The van der Waals surface area contributed by atoms with E-state index in [0.717, 1.165) is 31.2 Å². The molecular weight excluding hydrogens is 364 g/mol. The number of hydrogen-bond acceptors (Lipinski definition) is 4. The van der Waals surface area contributed by atoms with E-state index in [9.17, 15) is 9.59 Å². The van der Waals surface area contributed by atoms with E-state index in [1.807, 2.05) is 30.3 Å². The van der Waals surface area contributed by atoms with Gasteiger partial charge in [-0.15, -0.1) is 12.4 Å². The van der Waals surface area contributed by atoms with Crippen LogP contribution in [0.15, 0.2) is 30.3 Å². The number of methoxy groups -OCH3 is 1. The van der Waals surface area contributed by atoms with Crippen molar-refractivity contribution in [3.63, 3.8) is 0 Å². The van der Waals surface area contributed by atoms with Crippen molar-refractivity contribution >= 4 is 24.3 Å². The maximum Gasteiger partial charge on any atom is 0.311 e. The van der Waals surface area contributed by atoms with Gasteiger partial charge in [0.05, 0.1) is 18.6 Å². The molecule has 27 heavy (non-hydrogen) atoms. The van der Waals surface area contributed by atoms with Crippen molar-refractivity contribution in [1.29, 1.82) is 0 Å². The van der Waals surface area contributed by atoms with Gasteiger partial charge in [-0.3, -0.25) is 9.59 Å². The number of benzene rings is 1. The summed E-state index contributed by atoms with van der Waals surface area (Å²) in [5.41, 5.74) is 6.56. The van der Waals surface area contributed by atoms with Crippen molar-refractivity contribution in [2.24, 2.45) is 23.0 Å². The molecule has 4 saturated carbocycles. The first-order valence-corrected chi connectivity index (χ1v) is 9.64. The standard InChI is InChI=1S/C21H28N2O3.ClH/c1-26-19(25)20-9-15-7-16(10-20)12-21(11-15,13-20)23-18(24)17(22)8-14-5-3-2-4-6-14;/h2-6,15-17H,7-13,22H2,1H3,(H,23,24);1H/t15?,16?,17-,20?,21?;/m0./s1. The van der Waals surface area contributed by atoms with E-state index >= 15 is 0 Å². The Morgan fingerprint density at radius 1 is 1.19 bits per heavy atom. The van der Waals surface area contributed by atoms with Crippen LogP contribution in [0, 0.1) is 17.3 Å². The van der Waals surface area contributed by atoms with Crippen LogP contribution in [0.2, 0.25) is 0 Å². The average molecular weight is 393 g/mol.